The SMILES string of the molecule is CCC(C)C(NC(=O)C(Cc1cnc[nH]1)NC(=O)C(NC(=O)C(N)CCC(N)=O)C(C)C)C(=O)O. The van der Waals surface area contributed by atoms with E-state index in [1.54, 1.807) is 27.7 Å². The number of aromatic nitrogens is 2. The van der Waals surface area contributed by atoms with Gasteiger partial charge in [-0.25, -0.2) is 9.78 Å². The first-order valence-electron chi connectivity index (χ1n) is 11.5. The van der Waals surface area contributed by atoms with Crippen molar-refractivity contribution in [1.29, 1.82) is 0 Å². The molecule has 0 aliphatic carbocycles. The minimum atomic E-state index is -1.18. The van der Waals surface area contributed by atoms with E-state index in [9.17, 15) is 29.1 Å². The Morgan fingerprint density at radius 2 is 1.66 bits per heavy atom. The van der Waals surface area contributed by atoms with Gasteiger partial charge in [-0.2, -0.15) is 0 Å². The molecule has 1 rings (SSSR count). The molecule has 1 aromatic heterocycles. The number of carboxylic acid groups (broad SMARTS) is 1. The second-order valence-corrected chi connectivity index (χ2v) is 8.89. The zero-order chi connectivity index (χ0) is 26.7. The van der Waals surface area contributed by atoms with Gasteiger partial charge >= 0.3 is 5.97 Å². The van der Waals surface area contributed by atoms with Gasteiger partial charge in [-0.05, 0) is 18.3 Å². The maximum atomic E-state index is 13.1. The van der Waals surface area contributed by atoms with Crippen molar-refractivity contribution in [2.24, 2.45) is 23.3 Å². The number of aliphatic carboxylic acids is 1. The van der Waals surface area contributed by atoms with Gasteiger partial charge < -0.3 is 37.5 Å². The Morgan fingerprint density at radius 3 is 2.14 bits per heavy atom. The van der Waals surface area contributed by atoms with E-state index in [1.807, 2.05) is 0 Å². The third kappa shape index (κ3) is 9.73. The van der Waals surface area contributed by atoms with Crippen LogP contribution in [0.2, 0.25) is 0 Å². The smallest absolute Gasteiger partial charge is 0.326 e. The average molecular weight is 496 g/mol. The molecule has 0 spiro atoms. The molecule has 196 valence electrons. The van der Waals surface area contributed by atoms with Gasteiger partial charge in [-0.1, -0.05) is 34.1 Å². The Kier molecular flexibility index (Phi) is 11.9. The summed E-state index contributed by atoms with van der Waals surface area (Å²) in [5.41, 5.74) is 11.4. The number of amides is 4. The number of imidazole rings is 1. The van der Waals surface area contributed by atoms with Gasteiger partial charge in [-0.3, -0.25) is 19.2 Å². The molecule has 1 aromatic rings. The molecule has 0 saturated heterocycles. The maximum Gasteiger partial charge on any atom is 0.326 e. The van der Waals surface area contributed by atoms with Crippen molar-refractivity contribution < 1.29 is 29.1 Å². The van der Waals surface area contributed by atoms with E-state index in [-0.39, 0.29) is 31.1 Å². The van der Waals surface area contributed by atoms with Gasteiger partial charge in [0.1, 0.15) is 18.1 Å². The highest BCUT2D eigenvalue weighted by molar-refractivity contribution is 5.94. The van der Waals surface area contributed by atoms with E-state index in [0.29, 0.717) is 12.1 Å². The van der Waals surface area contributed by atoms with E-state index in [0.717, 1.165) is 0 Å². The van der Waals surface area contributed by atoms with Gasteiger partial charge in [-0.15, -0.1) is 0 Å². The molecule has 0 aliphatic rings. The lowest BCUT2D eigenvalue weighted by Gasteiger charge is -2.27. The van der Waals surface area contributed by atoms with Crippen LogP contribution < -0.4 is 27.4 Å². The molecule has 5 unspecified atom stereocenters. The fourth-order valence-electron chi connectivity index (χ4n) is 3.25. The van der Waals surface area contributed by atoms with Gasteiger partial charge in [0.2, 0.25) is 23.6 Å². The largest absolute Gasteiger partial charge is 0.480 e. The topological polar surface area (TPSA) is 222 Å². The number of H-pyrrole nitrogens is 1. The first-order valence-corrected chi connectivity index (χ1v) is 11.5. The summed E-state index contributed by atoms with van der Waals surface area (Å²) >= 11 is 0. The first kappa shape index (κ1) is 29.6. The number of carboxylic acids is 1. The molecule has 0 aliphatic heterocycles. The van der Waals surface area contributed by atoms with Crippen LogP contribution in [0, 0.1) is 11.8 Å². The van der Waals surface area contributed by atoms with Crippen molar-refractivity contribution in [3.63, 3.8) is 0 Å². The summed E-state index contributed by atoms with van der Waals surface area (Å²) in [6, 6.07) is -4.37. The molecular formula is C22H37N7O6. The van der Waals surface area contributed by atoms with Crippen LogP contribution in [-0.2, 0) is 30.4 Å². The summed E-state index contributed by atoms with van der Waals surface area (Å²) in [7, 11) is 0. The van der Waals surface area contributed by atoms with Crippen LogP contribution in [0.5, 0.6) is 0 Å². The summed E-state index contributed by atoms with van der Waals surface area (Å²) < 4.78 is 0. The first-order chi connectivity index (χ1) is 16.4. The van der Waals surface area contributed by atoms with Crippen molar-refractivity contribution in [3.8, 4) is 0 Å². The summed E-state index contributed by atoms with van der Waals surface area (Å²) in [6.07, 6.45) is 3.36. The van der Waals surface area contributed by atoms with E-state index in [4.69, 9.17) is 11.5 Å². The summed E-state index contributed by atoms with van der Waals surface area (Å²) in [6.45, 7) is 6.91. The Bertz CT molecular complexity index is 874. The van der Waals surface area contributed by atoms with Gasteiger partial charge in [0, 0.05) is 24.7 Å². The molecular weight excluding hydrogens is 458 g/mol. The number of nitrogens with one attached hydrogen (secondary N) is 4. The maximum absolute atomic E-state index is 13.1. The van der Waals surface area contributed by atoms with Crippen molar-refractivity contribution in [2.45, 2.75) is 77.5 Å². The molecule has 4 amide bonds. The molecule has 0 fully saturated rings. The van der Waals surface area contributed by atoms with Crippen LogP contribution in [0.25, 0.3) is 0 Å². The van der Waals surface area contributed by atoms with Crippen molar-refractivity contribution in [1.82, 2.24) is 25.9 Å². The Labute approximate surface area is 204 Å². The van der Waals surface area contributed by atoms with Gasteiger partial charge in [0.15, 0.2) is 0 Å². The number of carbonyl (C=O) groups excluding carboxylic acids is 4. The molecule has 5 atom stereocenters. The Balaban J connectivity index is 3.03. The fourth-order valence-corrected chi connectivity index (χ4v) is 3.25. The van der Waals surface area contributed by atoms with E-state index >= 15 is 0 Å². The lowest BCUT2D eigenvalue weighted by Crippen LogP contribution is -2.59. The van der Waals surface area contributed by atoms with Gasteiger partial charge in [0.05, 0.1) is 12.4 Å². The molecule has 0 aromatic carbocycles. The predicted molar refractivity (Wildman–Crippen MR) is 126 cm³/mol. The zero-order valence-electron chi connectivity index (χ0n) is 20.5. The second-order valence-electron chi connectivity index (χ2n) is 8.89. The molecule has 9 N–H and O–H groups in total. The number of primary amides is 1. The number of nitrogens with two attached hydrogens (primary N) is 2. The number of hydrogen-bond acceptors (Lipinski definition) is 7. The molecule has 1 heterocycles. The number of aromatic amines is 1. The summed E-state index contributed by atoms with van der Waals surface area (Å²) in [4.78, 5) is 68.0. The highest BCUT2D eigenvalue weighted by atomic mass is 16.4. The van der Waals surface area contributed by atoms with Crippen molar-refractivity contribution in [2.75, 3.05) is 0 Å². The third-order valence-electron chi connectivity index (χ3n) is 5.67. The molecule has 35 heavy (non-hydrogen) atoms. The molecule has 0 saturated carbocycles. The number of hydrogen-bond donors (Lipinski definition) is 7. The van der Waals surface area contributed by atoms with Crippen molar-refractivity contribution in [3.05, 3.63) is 18.2 Å². The van der Waals surface area contributed by atoms with Crippen LogP contribution in [0.3, 0.4) is 0 Å². The fraction of sp³-hybridized carbons (Fsp3) is 0.636. The normalized spacial score (nSPS) is 15.4. The monoisotopic (exact) mass is 495 g/mol. The number of nitrogens with zero attached hydrogens (tertiary/aromatic N) is 1. The highest BCUT2D eigenvalue weighted by Gasteiger charge is 2.33. The Hall–Kier alpha value is -3.48. The standard InChI is InChI=1S/C22H37N7O6/c1-5-12(4)18(22(34)35)29-20(32)15(8-13-9-25-10-26-13)27-21(33)17(11(2)3)28-19(31)14(23)6-7-16(24)30/h9-12,14-15,17-18H,5-8,23H2,1-4H3,(H2,24,30)(H,25,26)(H,27,33)(H,28,31)(H,29,32)(H,34,35). The van der Waals surface area contributed by atoms with Crippen LogP contribution in [0.15, 0.2) is 12.5 Å². The van der Waals surface area contributed by atoms with Crippen LogP contribution in [0.1, 0.15) is 52.7 Å². The van der Waals surface area contributed by atoms with Crippen molar-refractivity contribution >= 4 is 29.6 Å². The van der Waals surface area contributed by atoms with Gasteiger partial charge in [0.25, 0.3) is 0 Å². The second kappa shape index (κ2) is 14.0. The zero-order valence-corrected chi connectivity index (χ0v) is 20.5. The lowest BCUT2D eigenvalue weighted by molar-refractivity contribution is -0.144. The Morgan fingerprint density at radius 1 is 1.03 bits per heavy atom. The highest BCUT2D eigenvalue weighted by Crippen LogP contribution is 2.10. The quantitative estimate of drug-likeness (QED) is 0.156. The van der Waals surface area contributed by atoms with Crippen LogP contribution >= 0.6 is 0 Å². The molecule has 0 bridgehead atoms. The minimum absolute atomic E-state index is 0.0152. The minimum Gasteiger partial charge on any atom is -0.480 e. The average Bonchev–Trinajstić information content (AvgIpc) is 3.30. The summed E-state index contributed by atoms with van der Waals surface area (Å²) in [5.74, 6) is -4.47. The van der Waals surface area contributed by atoms with E-state index in [2.05, 4.69) is 25.9 Å². The molecule has 0 radical (unpaired) electrons. The van der Waals surface area contributed by atoms with Crippen LogP contribution in [0.4, 0.5) is 0 Å². The summed E-state index contributed by atoms with van der Waals surface area (Å²) in [5, 5.41) is 17.2. The predicted octanol–water partition coefficient (Wildman–Crippen LogP) is -1.21. The lowest BCUT2D eigenvalue weighted by atomic mass is 9.98. The molecule has 13 heteroatoms. The third-order valence-corrected chi connectivity index (χ3v) is 5.67. The molecule has 13 nitrogen and oxygen atoms in total. The van der Waals surface area contributed by atoms with E-state index < -0.39 is 53.8 Å². The number of carbonyl (C=O) groups is 5. The number of rotatable bonds is 15. The van der Waals surface area contributed by atoms with E-state index in [1.165, 1.54) is 12.5 Å². The van der Waals surface area contributed by atoms with Crippen LogP contribution in [-0.4, -0.2) is 68.8 Å².